The van der Waals surface area contributed by atoms with E-state index in [-0.39, 0.29) is 10.6 Å². The van der Waals surface area contributed by atoms with E-state index in [1.807, 2.05) is 4.72 Å². The molecule has 0 amide bonds. The normalized spacial score (nSPS) is 13.7. The van der Waals surface area contributed by atoms with Crippen LogP contribution in [-0.4, -0.2) is 47.3 Å². The Labute approximate surface area is 122 Å². The molecule has 21 heavy (non-hydrogen) atoms. The average molecular weight is 337 g/mol. The number of rotatable bonds is 6. The maximum absolute atomic E-state index is 12.2. The van der Waals surface area contributed by atoms with Crippen molar-refractivity contribution in [2.45, 2.75) is 22.8 Å². The fourth-order valence-corrected chi connectivity index (χ4v) is 3.56. The first-order valence-corrected chi connectivity index (χ1v) is 8.99. The lowest BCUT2D eigenvalue weighted by Crippen LogP contribution is -2.38. The van der Waals surface area contributed by atoms with E-state index in [1.54, 1.807) is 0 Å². The molecule has 10 heteroatoms. The number of ether oxygens (including phenoxy) is 1. The second-order valence-corrected chi connectivity index (χ2v) is 7.96. The summed E-state index contributed by atoms with van der Waals surface area (Å²) in [7, 11) is -6.65. The van der Waals surface area contributed by atoms with E-state index in [1.165, 1.54) is 19.2 Å². The molecule has 0 fully saturated rings. The monoisotopic (exact) mass is 337 g/mol. The van der Waals surface area contributed by atoms with Crippen molar-refractivity contribution in [3.05, 3.63) is 18.2 Å². The predicted octanol–water partition coefficient (Wildman–Crippen LogP) is -0.150. The lowest BCUT2D eigenvalue weighted by molar-refractivity contribution is -0.138. The maximum Gasteiger partial charge on any atom is 0.321 e. The maximum atomic E-state index is 12.2. The smallest absolute Gasteiger partial charge is 0.321 e. The number of aliphatic carboxylic acids is 1. The number of carbonyl (C=O) groups is 1. The molecule has 0 saturated heterocycles. The highest BCUT2D eigenvalue weighted by molar-refractivity contribution is 7.91. The van der Waals surface area contributed by atoms with Crippen LogP contribution in [0.15, 0.2) is 28.0 Å². The number of sulfonamides is 1. The van der Waals surface area contributed by atoms with Crippen molar-refractivity contribution in [1.29, 1.82) is 0 Å². The van der Waals surface area contributed by atoms with Crippen molar-refractivity contribution in [2.24, 2.45) is 0 Å². The zero-order chi connectivity index (χ0) is 16.4. The highest BCUT2D eigenvalue weighted by atomic mass is 32.2. The molecule has 8 nitrogen and oxygen atoms in total. The third-order valence-electron chi connectivity index (χ3n) is 2.56. The van der Waals surface area contributed by atoms with Crippen LogP contribution in [0.1, 0.15) is 6.92 Å². The molecule has 1 aromatic carbocycles. The number of hydrogen-bond acceptors (Lipinski definition) is 6. The Bertz CT molecular complexity index is 753. The second kappa shape index (κ2) is 6.00. The number of methoxy groups -OCH3 is 1. The summed E-state index contributed by atoms with van der Waals surface area (Å²) >= 11 is 0. The van der Waals surface area contributed by atoms with Crippen LogP contribution in [-0.2, 0) is 24.7 Å². The van der Waals surface area contributed by atoms with Crippen molar-refractivity contribution in [2.75, 3.05) is 13.4 Å². The molecule has 0 spiro atoms. The molecule has 118 valence electrons. The molecular weight excluding hydrogens is 322 g/mol. The first-order valence-electron chi connectivity index (χ1n) is 5.62. The van der Waals surface area contributed by atoms with Crippen molar-refractivity contribution >= 4 is 25.8 Å². The van der Waals surface area contributed by atoms with Gasteiger partial charge in [0.1, 0.15) is 16.7 Å². The molecule has 0 aliphatic heterocycles. The van der Waals surface area contributed by atoms with E-state index in [2.05, 4.69) is 0 Å². The minimum atomic E-state index is -4.25. The number of benzene rings is 1. The minimum absolute atomic E-state index is 0.0903. The highest BCUT2D eigenvalue weighted by Gasteiger charge is 2.26. The molecule has 0 heterocycles. The second-order valence-electron chi connectivity index (χ2n) is 4.27. The predicted molar refractivity (Wildman–Crippen MR) is 73.5 cm³/mol. The van der Waals surface area contributed by atoms with Gasteiger partial charge in [-0.1, -0.05) is 0 Å². The fraction of sp³-hybridized carbons (Fsp3) is 0.364. The molecule has 0 saturated carbocycles. The number of nitrogens with one attached hydrogen (secondary N) is 1. The summed E-state index contributed by atoms with van der Waals surface area (Å²) in [5.41, 5.74) is 0. The van der Waals surface area contributed by atoms with Crippen LogP contribution in [0.2, 0.25) is 0 Å². The third-order valence-corrected chi connectivity index (χ3v) is 5.23. The van der Waals surface area contributed by atoms with Crippen molar-refractivity contribution < 1.29 is 31.5 Å². The topological polar surface area (TPSA) is 127 Å². The quantitative estimate of drug-likeness (QED) is 0.739. The molecule has 0 unspecified atom stereocenters. The van der Waals surface area contributed by atoms with Crippen LogP contribution in [0.25, 0.3) is 0 Å². The van der Waals surface area contributed by atoms with Gasteiger partial charge in [0.25, 0.3) is 0 Å². The first kappa shape index (κ1) is 17.4. The summed E-state index contributed by atoms with van der Waals surface area (Å²) in [6.45, 7) is 1.15. The summed E-state index contributed by atoms with van der Waals surface area (Å²) in [6.07, 6.45) is 0.929. The fourth-order valence-electron chi connectivity index (χ4n) is 1.44. The van der Waals surface area contributed by atoms with Crippen LogP contribution < -0.4 is 9.46 Å². The Kier molecular flexibility index (Phi) is 4.97. The van der Waals surface area contributed by atoms with Crippen molar-refractivity contribution in [3.63, 3.8) is 0 Å². The van der Waals surface area contributed by atoms with Gasteiger partial charge in [-0.15, -0.1) is 0 Å². The van der Waals surface area contributed by atoms with E-state index < -0.39 is 36.8 Å². The SMILES string of the molecule is COc1ccc(S(C)(=O)=O)cc1S(=O)(=O)N[C@H](C)C(=O)O. The Balaban J connectivity index is 3.42. The number of hydrogen-bond donors (Lipinski definition) is 2. The third kappa shape index (κ3) is 4.16. The lowest BCUT2D eigenvalue weighted by Gasteiger charge is -2.14. The van der Waals surface area contributed by atoms with Crippen LogP contribution >= 0.6 is 0 Å². The molecule has 0 bridgehead atoms. The van der Waals surface area contributed by atoms with E-state index in [0.717, 1.165) is 19.2 Å². The van der Waals surface area contributed by atoms with Gasteiger partial charge in [-0.3, -0.25) is 4.79 Å². The van der Waals surface area contributed by atoms with E-state index in [9.17, 15) is 21.6 Å². The lowest BCUT2D eigenvalue weighted by atomic mass is 10.3. The van der Waals surface area contributed by atoms with Gasteiger partial charge in [0.05, 0.1) is 12.0 Å². The molecule has 1 rings (SSSR count). The molecule has 2 N–H and O–H groups in total. The van der Waals surface area contributed by atoms with E-state index in [4.69, 9.17) is 9.84 Å². The Hall–Kier alpha value is -1.65. The van der Waals surface area contributed by atoms with Crippen molar-refractivity contribution in [1.82, 2.24) is 4.72 Å². The van der Waals surface area contributed by atoms with E-state index in [0.29, 0.717) is 0 Å². The zero-order valence-corrected chi connectivity index (χ0v) is 13.2. The summed E-state index contributed by atoms with van der Waals surface area (Å²) in [5.74, 6) is -1.45. The molecule has 0 aromatic heterocycles. The van der Waals surface area contributed by atoms with Crippen LogP contribution in [0.3, 0.4) is 0 Å². The summed E-state index contributed by atoms with van der Waals surface area (Å²) < 4.78 is 54.1. The van der Waals surface area contributed by atoms with Gasteiger partial charge in [-0.25, -0.2) is 16.8 Å². The molecule has 0 aliphatic carbocycles. The van der Waals surface area contributed by atoms with Crippen molar-refractivity contribution in [3.8, 4) is 5.75 Å². The van der Waals surface area contributed by atoms with Gasteiger partial charge < -0.3 is 9.84 Å². The first-order chi connectivity index (χ1) is 9.49. The Morgan fingerprint density at radius 1 is 1.29 bits per heavy atom. The highest BCUT2D eigenvalue weighted by Crippen LogP contribution is 2.26. The molecule has 0 radical (unpaired) electrons. The van der Waals surface area contributed by atoms with Crippen LogP contribution in [0.5, 0.6) is 5.75 Å². The standard InChI is InChI=1S/C11H15NO7S2/c1-7(11(13)14)12-21(17,18)10-6-8(20(3,15)16)4-5-9(10)19-2/h4-7,12H,1-3H3,(H,13,14)/t7-/m1/s1. The van der Waals surface area contributed by atoms with Gasteiger partial charge in [0.15, 0.2) is 9.84 Å². The van der Waals surface area contributed by atoms with Gasteiger partial charge in [0.2, 0.25) is 10.0 Å². The molecular formula is C11H15NO7S2. The average Bonchev–Trinajstić information content (AvgIpc) is 2.36. The van der Waals surface area contributed by atoms with E-state index >= 15 is 0 Å². The van der Waals surface area contributed by atoms with Gasteiger partial charge in [-0.05, 0) is 25.1 Å². The molecule has 1 aromatic rings. The Morgan fingerprint density at radius 3 is 2.29 bits per heavy atom. The zero-order valence-electron chi connectivity index (χ0n) is 11.5. The number of carboxylic acids is 1. The summed E-state index contributed by atoms with van der Waals surface area (Å²) in [5, 5.41) is 8.75. The van der Waals surface area contributed by atoms with Crippen LogP contribution in [0.4, 0.5) is 0 Å². The Morgan fingerprint density at radius 2 is 1.86 bits per heavy atom. The largest absolute Gasteiger partial charge is 0.495 e. The van der Waals surface area contributed by atoms with Gasteiger partial charge in [0, 0.05) is 6.26 Å². The summed E-state index contributed by atoms with van der Waals surface area (Å²) in [4.78, 5) is 10.1. The van der Waals surface area contributed by atoms with Gasteiger partial charge >= 0.3 is 5.97 Å². The van der Waals surface area contributed by atoms with Crippen LogP contribution in [0, 0.1) is 0 Å². The number of carboxylic acid groups (broad SMARTS) is 1. The number of sulfone groups is 1. The minimum Gasteiger partial charge on any atom is -0.495 e. The molecule has 0 aliphatic rings. The molecule has 1 atom stereocenters. The summed E-state index contributed by atoms with van der Waals surface area (Å²) in [6, 6.07) is 1.94. The van der Waals surface area contributed by atoms with Gasteiger partial charge in [-0.2, -0.15) is 4.72 Å².